The molecule has 0 aliphatic carbocycles. The molecular formula is C16H18F3NO3. The lowest BCUT2D eigenvalue weighted by molar-refractivity contribution is -0.148. The van der Waals surface area contributed by atoms with Gasteiger partial charge in [0, 0.05) is 13.0 Å². The monoisotopic (exact) mass is 329 g/mol. The average Bonchev–Trinajstić information content (AvgIpc) is 2.96. The first-order valence-corrected chi connectivity index (χ1v) is 7.39. The van der Waals surface area contributed by atoms with Gasteiger partial charge in [-0.25, -0.2) is 4.79 Å². The van der Waals surface area contributed by atoms with Crippen molar-refractivity contribution < 1.29 is 27.9 Å². The summed E-state index contributed by atoms with van der Waals surface area (Å²) in [5.41, 5.74) is -0.109. The van der Waals surface area contributed by atoms with Gasteiger partial charge in [-0.2, -0.15) is 13.2 Å². The number of hydrogen-bond donors (Lipinski definition) is 1. The van der Waals surface area contributed by atoms with Crippen molar-refractivity contribution in [2.75, 3.05) is 6.54 Å². The van der Waals surface area contributed by atoms with E-state index >= 15 is 0 Å². The molecule has 1 aliphatic rings. The van der Waals surface area contributed by atoms with Gasteiger partial charge in [-0.15, -0.1) is 0 Å². The fourth-order valence-electron chi connectivity index (χ4n) is 2.82. The second-order valence-corrected chi connectivity index (χ2v) is 5.81. The summed E-state index contributed by atoms with van der Waals surface area (Å²) in [7, 11) is 0. The van der Waals surface area contributed by atoms with Crippen LogP contribution in [0, 0.1) is 0 Å². The minimum absolute atomic E-state index is 0.0785. The third-order valence-corrected chi connectivity index (χ3v) is 4.15. The van der Waals surface area contributed by atoms with E-state index in [4.69, 9.17) is 5.11 Å². The molecule has 0 saturated carbocycles. The molecule has 23 heavy (non-hydrogen) atoms. The van der Waals surface area contributed by atoms with E-state index in [1.807, 2.05) is 0 Å². The molecule has 1 saturated heterocycles. The number of carboxylic acid groups (broad SMARTS) is 1. The number of likely N-dealkylation sites (tertiary alicyclic amines) is 1. The zero-order chi connectivity index (χ0) is 17.2. The van der Waals surface area contributed by atoms with Crippen LogP contribution in [0.4, 0.5) is 13.2 Å². The summed E-state index contributed by atoms with van der Waals surface area (Å²) in [5, 5.41) is 9.09. The number of hydrogen-bond acceptors (Lipinski definition) is 2. The predicted molar refractivity (Wildman–Crippen MR) is 76.8 cm³/mol. The smallest absolute Gasteiger partial charge is 0.416 e. The Hall–Kier alpha value is -2.05. The maximum absolute atomic E-state index is 12.5. The van der Waals surface area contributed by atoms with E-state index in [9.17, 15) is 22.8 Å². The van der Waals surface area contributed by atoms with Crippen LogP contribution in [0.5, 0.6) is 0 Å². The Morgan fingerprint density at radius 2 is 1.91 bits per heavy atom. The Labute approximate surface area is 131 Å². The Morgan fingerprint density at radius 1 is 1.30 bits per heavy atom. The largest absolute Gasteiger partial charge is 0.480 e. The van der Waals surface area contributed by atoms with Crippen molar-refractivity contribution in [2.45, 2.75) is 44.3 Å². The first-order chi connectivity index (χ1) is 10.7. The molecule has 1 aromatic carbocycles. The van der Waals surface area contributed by atoms with Gasteiger partial charge in [0.05, 0.1) is 5.56 Å². The first kappa shape index (κ1) is 17.3. The average molecular weight is 329 g/mol. The molecule has 7 heteroatoms. The van der Waals surface area contributed by atoms with Crippen LogP contribution in [0.25, 0.3) is 0 Å². The van der Waals surface area contributed by atoms with E-state index in [2.05, 4.69) is 0 Å². The van der Waals surface area contributed by atoms with Crippen LogP contribution < -0.4 is 0 Å². The second-order valence-electron chi connectivity index (χ2n) is 5.81. The van der Waals surface area contributed by atoms with E-state index in [0.29, 0.717) is 24.9 Å². The minimum Gasteiger partial charge on any atom is -0.480 e. The fourth-order valence-corrected chi connectivity index (χ4v) is 2.82. The van der Waals surface area contributed by atoms with Gasteiger partial charge >= 0.3 is 12.1 Å². The summed E-state index contributed by atoms with van der Waals surface area (Å²) in [4.78, 5) is 24.7. The number of alkyl halides is 3. The summed E-state index contributed by atoms with van der Waals surface area (Å²) >= 11 is 0. The number of rotatable bonds is 4. The molecule has 1 aromatic rings. The summed E-state index contributed by atoms with van der Waals surface area (Å²) in [5.74, 6) is -1.57. The van der Waals surface area contributed by atoms with E-state index in [0.717, 1.165) is 12.1 Å². The predicted octanol–water partition coefficient (Wildman–Crippen LogP) is 3.27. The Morgan fingerprint density at radius 3 is 2.43 bits per heavy atom. The van der Waals surface area contributed by atoms with Crippen LogP contribution >= 0.6 is 0 Å². The van der Waals surface area contributed by atoms with Crippen molar-refractivity contribution >= 4 is 11.9 Å². The molecule has 0 radical (unpaired) electrons. The molecule has 0 spiro atoms. The molecule has 1 heterocycles. The maximum atomic E-state index is 12.5. The topological polar surface area (TPSA) is 57.6 Å². The molecule has 0 bridgehead atoms. The summed E-state index contributed by atoms with van der Waals surface area (Å²) in [6.45, 7) is 2.15. The first-order valence-electron chi connectivity index (χ1n) is 7.39. The van der Waals surface area contributed by atoms with Gasteiger partial charge in [-0.3, -0.25) is 4.79 Å². The number of carbonyl (C=O) groups excluding carboxylic acids is 1. The number of nitrogens with zero attached hydrogens (tertiary/aromatic N) is 1. The van der Waals surface area contributed by atoms with Gasteiger partial charge in [-0.1, -0.05) is 19.1 Å². The highest BCUT2D eigenvalue weighted by Gasteiger charge is 2.34. The molecule has 1 N–H and O–H groups in total. The van der Waals surface area contributed by atoms with E-state index in [1.54, 1.807) is 6.92 Å². The van der Waals surface area contributed by atoms with E-state index < -0.39 is 23.8 Å². The van der Waals surface area contributed by atoms with Crippen LogP contribution in [0.15, 0.2) is 24.3 Å². The number of benzene rings is 1. The number of carbonyl (C=O) groups is 2. The van der Waals surface area contributed by atoms with Crippen molar-refractivity contribution in [1.82, 2.24) is 4.90 Å². The quantitative estimate of drug-likeness (QED) is 0.922. The highest BCUT2D eigenvalue weighted by atomic mass is 19.4. The number of carboxylic acids is 1. The molecule has 1 amide bonds. The van der Waals surface area contributed by atoms with Gasteiger partial charge in [0.15, 0.2) is 0 Å². The minimum atomic E-state index is -4.39. The number of halogens is 3. The van der Waals surface area contributed by atoms with Gasteiger partial charge in [0.2, 0.25) is 5.91 Å². The van der Waals surface area contributed by atoms with Gasteiger partial charge in [0.25, 0.3) is 0 Å². The lowest BCUT2D eigenvalue weighted by Crippen LogP contribution is -2.40. The van der Waals surface area contributed by atoms with Crippen LogP contribution in [0.2, 0.25) is 0 Å². The van der Waals surface area contributed by atoms with Gasteiger partial charge < -0.3 is 10.0 Å². The normalized spacial score (nSPS) is 19.7. The zero-order valence-corrected chi connectivity index (χ0v) is 12.6. The molecule has 2 atom stereocenters. The lowest BCUT2D eigenvalue weighted by Gasteiger charge is -2.23. The Bertz CT molecular complexity index is 583. The van der Waals surface area contributed by atoms with Crippen molar-refractivity contribution in [1.29, 1.82) is 0 Å². The maximum Gasteiger partial charge on any atom is 0.416 e. The molecule has 1 aliphatic heterocycles. The summed E-state index contributed by atoms with van der Waals surface area (Å²) in [6, 6.07) is 3.92. The molecule has 126 valence electrons. The summed E-state index contributed by atoms with van der Waals surface area (Å²) in [6.07, 6.45) is -3.22. The van der Waals surface area contributed by atoms with E-state index in [-0.39, 0.29) is 18.2 Å². The SMILES string of the molecule is CC(CC(=O)N1CCC[C@@H]1C(=O)O)c1ccc(C(F)(F)F)cc1. The lowest BCUT2D eigenvalue weighted by atomic mass is 9.96. The Balaban J connectivity index is 2.02. The second kappa shape index (κ2) is 6.60. The third kappa shape index (κ3) is 4.03. The van der Waals surface area contributed by atoms with Crippen LogP contribution in [0.1, 0.15) is 43.2 Å². The van der Waals surface area contributed by atoms with Crippen LogP contribution in [-0.4, -0.2) is 34.5 Å². The standard InChI is InChI=1S/C16H18F3NO3/c1-10(11-4-6-12(7-5-11)16(17,18)19)9-14(21)20-8-2-3-13(20)15(22)23/h4-7,10,13H,2-3,8-9H2,1H3,(H,22,23)/t10?,13-/m1/s1. The van der Waals surface area contributed by atoms with E-state index in [1.165, 1.54) is 17.0 Å². The number of amides is 1. The highest BCUT2D eigenvalue weighted by Crippen LogP contribution is 2.31. The highest BCUT2D eigenvalue weighted by molar-refractivity contribution is 5.84. The Kier molecular flexibility index (Phi) is 4.97. The van der Waals surface area contributed by atoms with Crippen LogP contribution in [-0.2, 0) is 15.8 Å². The molecule has 1 fully saturated rings. The molecule has 2 rings (SSSR count). The van der Waals surface area contributed by atoms with Crippen molar-refractivity contribution in [3.63, 3.8) is 0 Å². The van der Waals surface area contributed by atoms with Crippen molar-refractivity contribution in [2.24, 2.45) is 0 Å². The molecular weight excluding hydrogens is 311 g/mol. The van der Waals surface area contributed by atoms with Crippen molar-refractivity contribution in [3.8, 4) is 0 Å². The van der Waals surface area contributed by atoms with Gasteiger partial charge in [-0.05, 0) is 36.5 Å². The summed E-state index contributed by atoms with van der Waals surface area (Å²) < 4.78 is 37.6. The van der Waals surface area contributed by atoms with Crippen LogP contribution in [0.3, 0.4) is 0 Å². The van der Waals surface area contributed by atoms with Gasteiger partial charge in [0.1, 0.15) is 6.04 Å². The molecule has 1 unspecified atom stereocenters. The molecule has 0 aromatic heterocycles. The molecule has 4 nitrogen and oxygen atoms in total. The zero-order valence-electron chi connectivity index (χ0n) is 12.6. The fraction of sp³-hybridized carbons (Fsp3) is 0.500. The number of aliphatic carboxylic acids is 1. The van der Waals surface area contributed by atoms with Crippen molar-refractivity contribution in [3.05, 3.63) is 35.4 Å². The third-order valence-electron chi connectivity index (χ3n) is 4.15.